The maximum absolute atomic E-state index is 12.6. The van der Waals surface area contributed by atoms with Gasteiger partial charge in [-0.2, -0.15) is 13.2 Å². The van der Waals surface area contributed by atoms with Gasteiger partial charge in [0.25, 0.3) is 5.91 Å². The number of anilines is 3. The molecule has 0 aliphatic carbocycles. The molecule has 3 rings (SSSR count). The molecule has 2 aromatic carbocycles. The Morgan fingerprint density at radius 1 is 0.964 bits per heavy atom. The Morgan fingerprint density at radius 2 is 1.68 bits per heavy atom. The highest BCUT2D eigenvalue weighted by molar-refractivity contribution is 6.02. The van der Waals surface area contributed by atoms with Gasteiger partial charge in [0.2, 0.25) is 0 Å². The molecule has 1 heterocycles. The summed E-state index contributed by atoms with van der Waals surface area (Å²) in [6.07, 6.45) is -1.71. The number of nitrogens with zero attached hydrogens (tertiary/aromatic N) is 2. The summed E-state index contributed by atoms with van der Waals surface area (Å²) in [4.78, 5) is 20.4. The Balaban J connectivity index is 1.67. The number of halogens is 3. The van der Waals surface area contributed by atoms with Crippen LogP contribution in [-0.2, 0) is 6.18 Å². The molecular formula is C20H17F3N4O. The molecule has 28 heavy (non-hydrogen) atoms. The van der Waals surface area contributed by atoms with Crippen molar-refractivity contribution in [2.24, 2.45) is 0 Å². The largest absolute Gasteiger partial charge is 0.416 e. The third kappa shape index (κ3) is 4.46. The van der Waals surface area contributed by atoms with Crippen LogP contribution in [0.4, 0.5) is 30.4 Å². The van der Waals surface area contributed by atoms with Gasteiger partial charge >= 0.3 is 6.18 Å². The Bertz CT molecular complexity index is 984. The molecule has 144 valence electrons. The maximum atomic E-state index is 12.6. The van der Waals surface area contributed by atoms with Gasteiger partial charge in [-0.1, -0.05) is 12.1 Å². The first kappa shape index (κ1) is 19.3. The molecule has 0 atom stereocenters. The summed E-state index contributed by atoms with van der Waals surface area (Å²) >= 11 is 0. The first-order valence-electron chi connectivity index (χ1n) is 8.38. The Kier molecular flexibility index (Phi) is 5.30. The molecule has 0 radical (unpaired) electrons. The predicted molar refractivity (Wildman–Crippen MR) is 101 cm³/mol. The van der Waals surface area contributed by atoms with Crippen molar-refractivity contribution >= 4 is 23.1 Å². The van der Waals surface area contributed by atoms with Crippen LogP contribution < -0.4 is 10.6 Å². The molecule has 0 fully saturated rings. The fourth-order valence-electron chi connectivity index (χ4n) is 2.47. The van der Waals surface area contributed by atoms with E-state index in [-0.39, 0.29) is 11.4 Å². The van der Waals surface area contributed by atoms with Crippen LogP contribution in [0.3, 0.4) is 0 Å². The van der Waals surface area contributed by atoms with E-state index in [9.17, 15) is 18.0 Å². The maximum Gasteiger partial charge on any atom is 0.416 e. The zero-order valence-corrected chi connectivity index (χ0v) is 15.1. The number of aryl methyl sites for hydroxylation is 1. The smallest absolute Gasteiger partial charge is 0.339 e. The number of aromatic nitrogens is 2. The van der Waals surface area contributed by atoms with Crippen molar-refractivity contribution in [2.45, 2.75) is 20.0 Å². The van der Waals surface area contributed by atoms with Crippen LogP contribution in [0.25, 0.3) is 0 Å². The lowest BCUT2D eigenvalue weighted by molar-refractivity contribution is -0.137. The van der Waals surface area contributed by atoms with E-state index in [1.165, 1.54) is 24.5 Å². The van der Waals surface area contributed by atoms with Crippen LogP contribution in [-0.4, -0.2) is 15.9 Å². The molecule has 0 unspecified atom stereocenters. The number of rotatable bonds is 4. The summed E-state index contributed by atoms with van der Waals surface area (Å²) in [6, 6.07) is 10.0. The first-order valence-corrected chi connectivity index (χ1v) is 8.38. The second-order valence-electron chi connectivity index (χ2n) is 6.19. The topological polar surface area (TPSA) is 66.9 Å². The average molecular weight is 386 g/mol. The zero-order chi connectivity index (χ0) is 20.3. The van der Waals surface area contributed by atoms with Gasteiger partial charge in [-0.15, -0.1) is 0 Å². The predicted octanol–water partition coefficient (Wildman–Crippen LogP) is 5.11. The second kappa shape index (κ2) is 7.67. The molecule has 0 bridgehead atoms. The Morgan fingerprint density at radius 3 is 2.29 bits per heavy atom. The molecular weight excluding hydrogens is 369 g/mol. The number of nitrogens with one attached hydrogen (secondary N) is 2. The van der Waals surface area contributed by atoms with Gasteiger partial charge in [0.1, 0.15) is 11.5 Å². The zero-order valence-electron chi connectivity index (χ0n) is 15.1. The van der Waals surface area contributed by atoms with Crippen molar-refractivity contribution in [1.82, 2.24) is 9.97 Å². The minimum absolute atomic E-state index is 0.0476. The number of carbonyl (C=O) groups excluding carboxylic acids is 1. The van der Waals surface area contributed by atoms with Crippen LogP contribution in [0, 0.1) is 13.8 Å². The van der Waals surface area contributed by atoms with E-state index in [0.717, 1.165) is 28.9 Å². The third-order valence-electron chi connectivity index (χ3n) is 4.22. The Hall–Kier alpha value is -3.42. The van der Waals surface area contributed by atoms with E-state index in [1.807, 2.05) is 32.0 Å². The minimum atomic E-state index is -4.42. The summed E-state index contributed by atoms with van der Waals surface area (Å²) in [7, 11) is 0. The fraction of sp³-hybridized carbons (Fsp3) is 0.150. The fourth-order valence-corrected chi connectivity index (χ4v) is 2.47. The van der Waals surface area contributed by atoms with E-state index < -0.39 is 17.6 Å². The van der Waals surface area contributed by atoms with E-state index in [2.05, 4.69) is 20.6 Å². The number of hydrogen-bond donors (Lipinski definition) is 2. The normalized spacial score (nSPS) is 11.2. The molecule has 0 saturated carbocycles. The van der Waals surface area contributed by atoms with Crippen LogP contribution in [0.1, 0.15) is 27.2 Å². The average Bonchev–Trinajstić information content (AvgIpc) is 2.66. The highest BCUT2D eigenvalue weighted by Crippen LogP contribution is 2.29. The van der Waals surface area contributed by atoms with Gasteiger partial charge in [0, 0.05) is 11.4 Å². The monoisotopic (exact) mass is 386 g/mol. The SMILES string of the molecule is Cc1cccc(Nc2cnc(C(=O)Nc3ccc(C(F)(F)F)cc3)cn2)c1C. The summed E-state index contributed by atoms with van der Waals surface area (Å²) in [5, 5.41) is 5.63. The quantitative estimate of drug-likeness (QED) is 0.654. The van der Waals surface area contributed by atoms with Gasteiger partial charge in [-0.3, -0.25) is 4.79 Å². The van der Waals surface area contributed by atoms with E-state index >= 15 is 0 Å². The molecule has 3 aromatic rings. The van der Waals surface area contributed by atoms with Crippen molar-refractivity contribution in [1.29, 1.82) is 0 Å². The lowest BCUT2D eigenvalue weighted by atomic mass is 10.1. The lowest BCUT2D eigenvalue weighted by Crippen LogP contribution is -2.14. The highest BCUT2D eigenvalue weighted by Gasteiger charge is 2.30. The van der Waals surface area contributed by atoms with Crippen LogP contribution in [0.5, 0.6) is 0 Å². The number of amides is 1. The summed E-state index contributed by atoms with van der Waals surface area (Å²) in [6.45, 7) is 3.98. The van der Waals surface area contributed by atoms with Gasteiger partial charge in [0.15, 0.2) is 0 Å². The van der Waals surface area contributed by atoms with E-state index in [0.29, 0.717) is 5.82 Å². The summed E-state index contributed by atoms with van der Waals surface area (Å²) in [5.74, 6) is -0.0923. The minimum Gasteiger partial charge on any atom is -0.339 e. The highest BCUT2D eigenvalue weighted by atomic mass is 19.4. The number of carbonyl (C=O) groups is 1. The summed E-state index contributed by atoms with van der Waals surface area (Å²) < 4.78 is 37.7. The molecule has 0 aliphatic rings. The van der Waals surface area contributed by atoms with Gasteiger partial charge in [-0.25, -0.2) is 9.97 Å². The van der Waals surface area contributed by atoms with Crippen molar-refractivity contribution in [3.8, 4) is 0 Å². The van der Waals surface area contributed by atoms with Gasteiger partial charge < -0.3 is 10.6 Å². The molecule has 0 saturated heterocycles. The van der Waals surface area contributed by atoms with E-state index in [4.69, 9.17) is 0 Å². The summed E-state index contributed by atoms with van der Waals surface area (Å²) in [5.41, 5.74) is 2.59. The molecule has 0 aliphatic heterocycles. The molecule has 5 nitrogen and oxygen atoms in total. The number of benzene rings is 2. The molecule has 1 aromatic heterocycles. The lowest BCUT2D eigenvalue weighted by Gasteiger charge is -2.11. The van der Waals surface area contributed by atoms with Crippen molar-refractivity contribution in [3.63, 3.8) is 0 Å². The number of alkyl halides is 3. The molecule has 0 spiro atoms. The third-order valence-corrected chi connectivity index (χ3v) is 4.22. The standard InChI is InChI=1S/C20H17F3N4O/c1-12-4-3-5-16(13(12)2)27-18-11-24-17(10-25-18)19(28)26-15-8-6-14(7-9-15)20(21,22)23/h3-11H,1-2H3,(H,25,27)(H,26,28). The van der Waals surface area contributed by atoms with Crippen molar-refractivity contribution < 1.29 is 18.0 Å². The van der Waals surface area contributed by atoms with E-state index in [1.54, 1.807) is 0 Å². The van der Waals surface area contributed by atoms with Crippen LogP contribution in [0.15, 0.2) is 54.9 Å². The number of hydrogen-bond acceptors (Lipinski definition) is 4. The van der Waals surface area contributed by atoms with Crippen LogP contribution in [0.2, 0.25) is 0 Å². The molecule has 2 N–H and O–H groups in total. The Labute approximate surface area is 159 Å². The van der Waals surface area contributed by atoms with Crippen molar-refractivity contribution in [3.05, 3.63) is 77.2 Å². The van der Waals surface area contributed by atoms with Gasteiger partial charge in [-0.05, 0) is 55.3 Å². The molecule has 8 heteroatoms. The molecule has 1 amide bonds. The van der Waals surface area contributed by atoms with Crippen molar-refractivity contribution in [2.75, 3.05) is 10.6 Å². The van der Waals surface area contributed by atoms with Gasteiger partial charge in [0.05, 0.1) is 18.0 Å². The first-order chi connectivity index (χ1) is 13.2. The second-order valence-corrected chi connectivity index (χ2v) is 6.19. The van der Waals surface area contributed by atoms with Crippen LogP contribution >= 0.6 is 0 Å².